The van der Waals surface area contributed by atoms with E-state index in [1.54, 1.807) is 13.0 Å². The summed E-state index contributed by atoms with van der Waals surface area (Å²) in [5.74, 6) is -2.42. The molecule has 1 unspecified atom stereocenters. The Bertz CT molecular complexity index is 772. The zero-order valence-electron chi connectivity index (χ0n) is 14.1. The maximum absolute atomic E-state index is 12.7. The van der Waals surface area contributed by atoms with E-state index >= 15 is 0 Å². The molecule has 1 aromatic carbocycles. The van der Waals surface area contributed by atoms with Crippen molar-refractivity contribution in [2.75, 3.05) is 6.61 Å². The van der Waals surface area contributed by atoms with Crippen molar-refractivity contribution in [1.29, 1.82) is 0 Å². The van der Waals surface area contributed by atoms with Gasteiger partial charge in [0.1, 0.15) is 5.76 Å². The quantitative estimate of drug-likeness (QED) is 0.724. The molecule has 5 nitrogen and oxygen atoms in total. The summed E-state index contributed by atoms with van der Waals surface area (Å²) in [7, 11) is 0. The van der Waals surface area contributed by atoms with Crippen molar-refractivity contribution in [3.8, 4) is 0 Å². The van der Waals surface area contributed by atoms with Crippen LogP contribution in [0.25, 0.3) is 5.76 Å². The SMILES string of the molecule is CC(CO)C1=C(O)c2ccc3c(c2C(=O)C1=O)[C@H](O)CCC3(C)C. The number of hydrogen-bond donors (Lipinski definition) is 3. The highest BCUT2D eigenvalue weighted by atomic mass is 16.3. The van der Waals surface area contributed by atoms with Crippen molar-refractivity contribution < 1.29 is 24.9 Å². The van der Waals surface area contributed by atoms with E-state index in [-0.39, 0.29) is 34.5 Å². The molecule has 0 saturated heterocycles. The fourth-order valence-electron chi connectivity index (χ4n) is 3.81. The van der Waals surface area contributed by atoms with Gasteiger partial charge in [0.2, 0.25) is 11.6 Å². The van der Waals surface area contributed by atoms with E-state index in [9.17, 15) is 24.9 Å². The molecule has 2 atom stereocenters. The number of ketones is 2. The van der Waals surface area contributed by atoms with Gasteiger partial charge in [-0.2, -0.15) is 0 Å². The second-order valence-corrected chi connectivity index (χ2v) is 7.39. The maximum atomic E-state index is 12.7. The van der Waals surface area contributed by atoms with E-state index in [1.807, 2.05) is 19.9 Å². The topological polar surface area (TPSA) is 94.8 Å². The van der Waals surface area contributed by atoms with Gasteiger partial charge in [0.15, 0.2) is 0 Å². The smallest absolute Gasteiger partial charge is 0.234 e. The first-order chi connectivity index (χ1) is 11.2. The number of carbonyl (C=O) groups is 2. The molecule has 128 valence electrons. The molecule has 1 aromatic rings. The Morgan fingerprint density at radius 3 is 2.54 bits per heavy atom. The van der Waals surface area contributed by atoms with E-state index in [0.717, 1.165) is 12.0 Å². The van der Waals surface area contributed by atoms with Gasteiger partial charge in [-0.25, -0.2) is 0 Å². The second kappa shape index (κ2) is 5.53. The molecule has 0 radical (unpaired) electrons. The zero-order chi connectivity index (χ0) is 17.8. The zero-order valence-corrected chi connectivity index (χ0v) is 14.1. The van der Waals surface area contributed by atoms with Gasteiger partial charge in [0.25, 0.3) is 0 Å². The minimum atomic E-state index is -0.829. The van der Waals surface area contributed by atoms with Crippen LogP contribution in [0.3, 0.4) is 0 Å². The predicted molar refractivity (Wildman–Crippen MR) is 88.8 cm³/mol. The average Bonchev–Trinajstić information content (AvgIpc) is 2.55. The lowest BCUT2D eigenvalue weighted by molar-refractivity contribution is -0.112. The highest BCUT2D eigenvalue weighted by Gasteiger charge is 2.42. The summed E-state index contributed by atoms with van der Waals surface area (Å²) in [6.07, 6.45) is 0.447. The predicted octanol–water partition coefficient (Wildman–Crippen LogP) is 2.45. The molecule has 2 aliphatic carbocycles. The average molecular weight is 330 g/mol. The molecule has 0 aromatic heterocycles. The van der Waals surface area contributed by atoms with Gasteiger partial charge >= 0.3 is 0 Å². The standard InChI is InChI=1S/C19H22O5/c1-9(8-20)13-16(22)10-4-5-11-15(14(10)18(24)17(13)23)12(21)6-7-19(11,2)3/h4-5,9,12,20-22H,6-8H2,1-3H3/t9?,12-/m1/s1. The highest BCUT2D eigenvalue weighted by molar-refractivity contribution is 6.52. The molecule has 0 bridgehead atoms. The third-order valence-electron chi connectivity index (χ3n) is 5.31. The van der Waals surface area contributed by atoms with Crippen LogP contribution in [0, 0.1) is 5.92 Å². The number of carbonyl (C=O) groups excluding carboxylic acids is 2. The lowest BCUT2D eigenvalue weighted by Crippen LogP contribution is -2.34. The number of aliphatic hydroxyl groups excluding tert-OH is 3. The van der Waals surface area contributed by atoms with Gasteiger partial charge in [-0.05, 0) is 29.4 Å². The van der Waals surface area contributed by atoms with Gasteiger partial charge in [-0.15, -0.1) is 0 Å². The summed E-state index contributed by atoms with van der Waals surface area (Å²) in [5.41, 5.74) is 1.41. The number of aliphatic hydroxyl groups is 3. The third-order valence-corrected chi connectivity index (χ3v) is 5.31. The van der Waals surface area contributed by atoms with Crippen LogP contribution in [0.5, 0.6) is 0 Å². The Balaban J connectivity index is 2.33. The van der Waals surface area contributed by atoms with Crippen LogP contribution in [0.15, 0.2) is 17.7 Å². The summed E-state index contributed by atoms with van der Waals surface area (Å²) in [6.45, 7) is 5.31. The summed E-state index contributed by atoms with van der Waals surface area (Å²) < 4.78 is 0. The number of hydrogen-bond acceptors (Lipinski definition) is 5. The molecule has 0 amide bonds. The molecule has 2 aliphatic rings. The summed E-state index contributed by atoms with van der Waals surface area (Å²) in [4.78, 5) is 25.2. The number of Topliss-reactive ketones (excluding diaryl/α,β-unsaturated/α-hetero) is 2. The Labute approximate surface area is 140 Å². The van der Waals surface area contributed by atoms with Crippen LogP contribution in [-0.4, -0.2) is 33.5 Å². The molecule has 3 rings (SSSR count). The van der Waals surface area contributed by atoms with Gasteiger partial charge in [-0.1, -0.05) is 32.9 Å². The Kier molecular flexibility index (Phi) is 3.89. The van der Waals surface area contributed by atoms with Crippen LogP contribution in [0.2, 0.25) is 0 Å². The maximum Gasteiger partial charge on any atom is 0.234 e. The molecule has 0 heterocycles. The van der Waals surface area contributed by atoms with Crippen LogP contribution in [0.4, 0.5) is 0 Å². The van der Waals surface area contributed by atoms with E-state index in [2.05, 4.69) is 0 Å². The molecular formula is C19H22O5. The molecular weight excluding hydrogens is 308 g/mol. The molecule has 0 fully saturated rings. The van der Waals surface area contributed by atoms with Crippen LogP contribution in [0.1, 0.15) is 66.8 Å². The van der Waals surface area contributed by atoms with Crippen molar-refractivity contribution in [2.45, 2.75) is 45.1 Å². The first-order valence-electron chi connectivity index (χ1n) is 8.19. The summed E-state index contributed by atoms with van der Waals surface area (Å²) >= 11 is 0. The second-order valence-electron chi connectivity index (χ2n) is 7.39. The van der Waals surface area contributed by atoms with Crippen molar-refractivity contribution >= 4 is 17.3 Å². The Hall–Kier alpha value is -1.98. The minimum absolute atomic E-state index is 0.0560. The summed E-state index contributed by atoms with van der Waals surface area (Å²) in [6, 6.07) is 3.45. The lowest BCUT2D eigenvalue weighted by atomic mass is 9.68. The molecule has 24 heavy (non-hydrogen) atoms. The minimum Gasteiger partial charge on any atom is -0.507 e. The van der Waals surface area contributed by atoms with E-state index < -0.39 is 23.6 Å². The van der Waals surface area contributed by atoms with Gasteiger partial charge in [0, 0.05) is 23.7 Å². The first-order valence-corrected chi connectivity index (χ1v) is 8.19. The van der Waals surface area contributed by atoms with Crippen LogP contribution >= 0.6 is 0 Å². The Morgan fingerprint density at radius 1 is 1.25 bits per heavy atom. The van der Waals surface area contributed by atoms with Crippen molar-refractivity contribution in [3.63, 3.8) is 0 Å². The van der Waals surface area contributed by atoms with Crippen LogP contribution < -0.4 is 0 Å². The molecule has 0 saturated carbocycles. The molecule has 5 heteroatoms. The van der Waals surface area contributed by atoms with E-state index in [4.69, 9.17) is 0 Å². The fourth-order valence-corrected chi connectivity index (χ4v) is 3.81. The fraction of sp³-hybridized carbons (Fsp3) is 0.474. The monoisotopic (exact) mass is 330 g/mol. The van der Waals surface area contributed by atoms with Gasteiger partial charge in [0.05, 0.1) is 11.7 Å². The highest BCUT2D eigenvalue weighted by Crippen LogP contribution is 2.46. The lowest BCUT2D eigenvalue weighted by Gasteiger charge is -2.37. The molecule has 3 N–H and O–H groups in total. The van der Waals surface area contributed by atoms with E-state index in [0.29, 0.717) is 12.0 Å². The van der Waals surface area contributed by atoms with Gasteiger partial charge < -0.3 is 15.3 Å². The number of benzene rings is 1. The number of fused-ring (bicyclic) bond motifs is 3. The normalized spacial score (nSPS) is 23.8. The molecule has 0 spiro atoms. The van der Waals surface area contributed by atoms with E-state index in [1.165, 1.54) is 0 Å². The van der Waals surface area contributed by atoms with Crippen LogP contribution in [-0.2, 0) is 10.2 Å². The van der Waals surface area contributed by atoms with Crippen molar-refractivity contribution in [2.24, 2.45) is 5.92 Å². The third kappa shape index (κ3) is 2.23. The molecule has 0 aliphatic heterocycles. The Morgan fingerprint density at radius 2 is 1.92 bits per heavy atom. The number of rotatable bonds is 2. The largest absolute Gasteiger partial charge is 0.507 e. The van der Waals surface area contributed by atoms with Gasteiger partial charge in [-0.3, -0.25) is 9.59 Å². The van der Waals surface area contributed by atoms with Crippen molar-refractivity contribution in [3.05, 3.63) is 40.0 Å². The first kappa shape index (κ1) is 16.9. The summed E-state index contributed by atoms with van der Waals surface area (Å²) in [5, 5.41) is 30.3. The van der Waals surface area contributed by atoms with Crippen molar-refractivity contribution in [1.82, 2.24) is 0 Å².